The van der Waals surface area contributed by atoms with E-state index >= 15 is 0 Å². The Kier molecular flexibility index (Phi) is 5.84. The maximum absolute atomic E-state index is 6.09. The third-order valence-corrected chi connectivity index (χ3v) is 5.78. The zero-order valence-electron chi connectivity index (χ0n) is 17.1. The van der Waals surface area contributed by atoms with Crippen molar-refractivity contribution < 1.29 is 4.74 Å². The number of benzene rings is 2. The standard InChI is InChI=1S/C24H24ClN5O/c25-20-3-1-2-18(12-20)14-26-23-21-13-22(29-24(21)28-16-27-23)19-6-4-17(5-7-19)15-30-8-10-31-11-9-30/h1-7,12-13,16H,8-11,14-15H2,(H2,26,27,28,29). The fourth-order valence-electron chi connectivity index (χ4n) is 3.88. The summed E-state index contributed by atoms with van der Waals surface area (Å²) in [7, 11) is 0. The summed E-state index contributed by atoms with van der Waals surface area (Å²) in [5.41, 5.74) is 5.39. The van der Waals surface area contributed by atoms with Gasteiger partial charge in [-0.15, -0.1) is 0 Å². The molecule has 2 aromatic carbocycles. The van der Waals surface area contributed by atoms with Crippen molar-refractivity contribution in [3.05, 3.63) is 77.1 Å². The van der Waals surface area contributed by atoms with Gasteiger partial charge in [0.05, 0.1) is 18.6 Å². The molecule has 2 aromatic heterocycles. The Labute approximate surface area is 186 Å². The highest BCUT2D eigenvalue weighted by molar-refractivity contribution is 6.30. The van der Waals surface area contributed by atoms with Gasteiger partial charge in [-0.05, 0) is 34.9 Å². The van der Waals surface area contributed by atoms with E-state index in [0.717, 1.165) is 71.5 Å². The molecule has 2 N–H and O–H groups in total. The highest BCUT2D eigenvalue weighted by Crippen LogP contribution is 2.27. The highest BCUT2D eigenvalue weighted by Gasteiger charge is 2.12. The second-order valence-corrected chi connectivity index (χ2v) is 8.17. The predicted molar refractivity (Wildman–Crippen MR) is 124 cm³/mol. The summed E-state index contributed by atoms with van der Waals surface area (Å²) in [6.45, 7) is 5.23. The van der Waals surface area contributed by atoms with E-state index in [1.165, 1.54) is 5.56 Å². The van der Waals surface area contributed by atoms with Gasteiger partial charge in [-0.1, -0.05) is 48.0 Å². The number of anilines is 1. The van der Waals surface area contributed by atoms with Crippen molar-refractivity contribution in [1.29, 1.82) is 0 Å². The number of halogens is 1. The largest absolute Gasteiger partial charge is 0.379 e. The Balaban J connectivity index is 1.33. The third-order valence-electron chi connectivity index (χ3n) is 5.55. The molecule has 31 heavy (non-hydrogen) atoms. The number of rotatable bonds is 6. The molecule has 0 bridgehead atoms. The first kappa shape index (κ1) is 20.0. The molecule has 0 atom stereocenters. The van der Waals surface area contributed by atoms with E-state index in [1.54, 1.807) is 6.33 Å². The van der Waals surface area contributed by atoms with Gasteiger partial charge in [-0.2, -0.15) is 0 Å². The minimum atomic E-state index is 0.642. The van der Waals surface area contributed by atoms with Crippen LogP contribution in [0.5, 0.6) is 0 Å². The Morgan fingerprint density at radius 1 is 1.00 bits per heavy atom. The average Bonchev–Trinajstić information content (AvgIpc) is 3.24. The first-order valence-corrected chi connectivity index (χ1v) is 10.8. The van der Waals surface area contributed by atoms with Gasteiger partial charge in [0, 0.05) is 36.9 Å². The lowest BCUT2D eigenvalue weighted by atomic mass is 10.1. The molecule has 0 aliphatic carbocycles. The third kappa shape index (κ3) is 4.71. The van der Waals surface area contributed by atoms with E-state index in [9.17, 15) is 0 Å². The van der Waals surface area contributed by atoms with Crippen molar-refractivity contribution in [3.63, 3.8) is 0 Å². The molecule has 6 nitrogen and oxygen atoms in total. The van der Waals surface area contributed by atoms with Crippen LogP contribution in [0.4, 0.5) is 5.82 Å². The van der Waals surface area contributed by atoms with E-state index in [-0.39, 0.29) is 0 Å². The lowest BCUT2D eigenvalue weighted by molar-refractivity contribution is 0.0342. The summed E-state index contributed by atoms with van der Waals surface area (Å²) >= 11 is 6.09. The lowest BCUT2D eigenvalue weighted by Crippen LogP contribution is -2.35. The second-order valence-electron chi connectivity index (χ2n) is 7.74. The van der Waals surface area contributed by atoms with Gasteiger partial charge in [0.1, 0.15) is 17.8 Å². The van der Waals surface area contributed by atoms with Crippen LogP contribution in [-0.2, 0) is 17.8 Å². The summed E-state index contributed by atoms with van der Waals surface area (Å²) in [4.78, 5) is 14.7. The number of hydrogen-bond donors (Lipinski definition) is 2. The summed E-state index contributed by atoms with van der Waals surface area (Å²) in [6.07, 6.45) is 1.58. The number of fused-ring (bicyclic) bond motifs is 1. The molecule has 0 unspecified atom stereocenters. The molecule has 1 aliphatic rings. The molecule has 3 heterocycles. The van der Waals surface area contributed by atoms with Crippen LogP contribution in [0.1, 0.15) is 11.1 Å². The van der Waals surface area contributed by atoms with Crippen molar-refractivity contribution in [2.75, 3.05) is 31.6 Å². The zero-order chi connectivity index (χ0) is 21.0. The van der Waals surface area contributed by atoms with Crippen molar-refractivity contribution in [2.24, 2.45) is 0 Å². The zero-order valence-corrected chi connectivity index (χ0v) is 17.9. The number of morpholine rings is 1. The number of aromatic amines is 1. The molecule has 5 rings (SSSR count). The topological polar surface area (TPSA) is 66.1 Å². The van der Waals surface area contributed by atoms with Crippen LogP contribution in [0.3, 0.4) is 0 Å². The molecule has 4 aromatic rings. The number of hydrogen-bond acceptors (Lipinski definition) is 5. The molecular formula is C24H24ClN5O. The van der Waals surface area contributed by atoms with Gasteiger partial charge in [0.25, 0.3) is 0 Å². The monoisotopic (exact) mass is 433 g/mol. The maximum Gasteiger partial charge on any atom is 0.143 e. The van der Waals surface area contributed by atoms with Gasteiger partial charge < -0.3 is 15.0 Å². The van der Waals surface area contributed by atoms with Gasteiger partial charge in [-0.25, -0.2) is 9.97 Å². The minimum Gasteiger partial charge on any atom is -0.379 e. The van der Waals surface area contributed by atoms with Crippen LogP contribution in [0.15, 0.2) is 60.9 Å². The summed E-state index contributed by atoms with van der Waals surface area (Å²) in [5, 5.41) is 5.10. The molecule has 7 heteroatoms. The van der Waals surface area contributed by atoms with Crippen molar-refractivity contribution in [1.82, 2.24) is 19.9 Å². The quantitative estimate of drug-likeness (QED) is 0.460. The Hall–Kier alpha value is -2.93. The van der Waals surface area contributed by atoms with E-state index in [2.05, 4.69) is 55.5 Å². The van der Waals surface area contributed by atoms with Gasteiger partial charge in [0.15, 0.2) is 0 Å². The molecule has 0 saturated carbocycles. The average molecular weight is 434 g/mol. The maximum atomic E-state index is 6.09. The molecule has 0 amide bonds. The van der Waals surface area contributed by atoms with Crippen LogP contribution < -0.4 is 5.32 Å². The number of ether oxygens (including phenoxy) is 1. The molecule has 1 saturated heterocycles. The summed E-state index contributed by atoms with van der Waals surface area (Å²) < 4.78 is 5.43. The fraction of sp³-hybridized carbons (Fsp3) is 0.250. The molecule has 0 spiro atoms. The van der Waals surface area contributed by atoms with Crippen LogP contribution >= 0.6 is 11.6 Å². The minimum absolute atomic E-state index is 0.642. The van der Waals surface area contributed by atoms with Crippen LogP contribution in [0.25, 0.3) is 22.3 Å². The number of nitrogens with one attached hydrogen (secondary N) is 2. The predicted octanol–water partition coefficient (Wildman–Crippen LogP) is 4.72. The lowest BCUT2D eigenvalue weighted by Gasteiger charge is -2.26. The SMILES string of the molecule is Clc1cccc(CNc2ncnc3[nH]c(-c4ccc(CN5CCOCC5)cc4)cc23)c1. The van der Waals surface area contributed by atoms with E-state index in [4.69, 9.17) is 16.3 Å². The summed E-state index contributed by atoms with van der Waals surface area (Å²) in [5.74, 6) is 0.802. The first-order chi connectivity index (χ1) is 15.2. The second kappa shape index (κ2) is 9.06. The smallest absolute Gasteiger partial charge is 0.143 e. The number of nitrogens with zero attached hydrogens (tertiary/aromatic N) is 3. The molecule has 1 fully saturated rings. The van der Waals surface area contributed by atoms with E-state index in [0.29, 0.717) is 6.54 Å². The normalized spacial score (nSPS) is 14.7. The highest BCUT2D eigenvalue weighted by atomic mass is 35.5. The fourth-order valence-corrected chi connectivity index (χ4v) is 4.09. The van der Waals surface area contributed by atoms with Crippen molar-refractivity contribution in [2.45, 2.75) is 13.1 Å². The molecule has 158 valence electrons. The Morgan fingerprint density at radius 2 is 1.84 bits per heavy atom. The van der Waals surface area contributed by atoms with Gasteiger partial charge in [-0.3, -0.25) is 4.90 Å². The Bertz CT molecular complexity index is 1170. The number of H-pyrrole nitrogens is 1. The van der Waals surface area contributed by atoms with Crippen molar-refractivity contribution >= 4 is 28.5 Å². The summed E-state index contributed by atoms with van der Waals surface area (Å²) in [6, 6.07) is 18.6. The van der Waals surface area contributed by atoms with Crippen LogP contribution in [-0.4, -0.2) is 46.2 Å². The Morgan fingerprint density at radius 3 is 2.65 bits per heavy atom. The van der Waals surface area contributed by atoms with Crippen LogP contribution in [0, 0.1) is 0 Å². The van der Waals surface area contributed by atoms with E-state index in [1.807, 2.05) is 24.3 Å². The first-order valence-electron chi connectivity index (χ1n) is 10.5. The van der Waals surface area contributed by atoms with Gasteiger partial charge in [0.2, 0.25) is 0 Å². The molecule has 0 radical (unpaired) electrons. The molecular weight excluding hydrogens is 410 g/mol. The van der Waals surface area contributed by atoms with Crippen molar-refractivity contribution in [3.8, 4) is 11.3 Å². The molecule has 1 aliphatic heterocycles. The van der Waals surface area contributed by atoms with E-state index < -0.39 is 0 Å². The van der Waals surface area contributed by atoms with Crippen LogP contribution in [0.2, 0.25) is 5.02 Å². The van der Waals surface area contributed by atoms with Gasteiger partial charge >= 0.3 is 0 Å². The number of aromatic nitrogens is 3.